The number of ether oxygens (including phenoxy) is 1. The summed E-state index contributed by atoms with van der Waals surface area (Å²) in [7, 11) is 0. The van der Waals surface area contributed by atoms with Crippen molar-refractivity contribution in [2.45, 2.75) is 26.1 Å². The van der Waals surface area contributed by atoms with Crippen molar-refractivity contribution in [2.24, 2.45) is 0 Å². The maximum atomic E-state index is 14.6. The van der Waals surface area contributed by atoms with Crippen LogP contribution in [0.4, 0.5) is 30.7 Å². The molecule has 0 fully saturated rings. The normalized spacial score (nSPS) is 12.5. The summed E-state index contributed by atoms with van der Waals surface area (Å²) in [5, 5.41) is 0. The molecule has 0 heterocycles. The molecule has 0 saturated heterocycles. The number of alkyl halides is 3. The first-order valence-corrected chi connectivity index (χ1v) is 9.59. The van der Waals surface area contributed by atoms with Crippen molar-refractivity contribution in [1.29, 1.82) is 0 Å². The Labute approximate surface area is 179 Å². The van der Waals surface area contributed by atoms with Crippen LogP contribution in [0.3, 0.4) is 0 Å². The molecule has 3 aromatic rings. The predicted molar refractivity (Wildman–Crippen MR) is 108 cm³/mol. The Bertz CT molecular complexity index is 1130. The second-order valence-electron chi connectivity index (χ2n) is 6.96. The van der Waals surface area contributed by atoms with Crippen molar-refractivity contribution < 1.29 is 35.5 Å². The molecule has 0 spiro atoms. The third-order valence-electron chi connectivity index (χ3n) is 4.64. The molecule has 0 aliphatic heterocycles. The summed E-state index contributed by atoms with van der Waals surface area (Å²) in [5.74, 6) is -7.04. The summed E-state index contributed by atoms with van der Waals surface area (Å²) in [6.07, 6.45) is -3.28. The van der Waals surface area contributed by atoms with Gasteiger partial charge < -0.3 is 4.74 Å². The molecule has 0 unspecified atom stereocenters. The van der Waals surface area contributed by atoms with Crippen LogP contribution in [0, 0.1) is 11.6 Å². The van der Waals surface area contributed by atoms with Crippen molar-refractivity contribution in [1.82, 2.24) is 0 Å². The lowest BCUT2D eigenvalue weighted by Gasteiger charge is -2.11. The molecular formula is C24H17F7O. The number of hydrogen-bond acceptors (Lipinski definition) is 1. The van der Waals surface area contributed by atoms with E-state index in [9.17, 15) is 30.7 Å². The molecule has 32 heavy (non-hydrogen) atoms. The van der Waals surface area contributed by atoms with Gasteiger partial charge in [-0.3, -0.25) is 0 Å². The van der Waals surface area contributed by atoms with Gasteiger partial charge in [-0.15, -0.1) is 13.2 Å². The van der Waals surface area contributed by atoms with E-state index >= 15 is 0 Å². The maximum Gasteiger partial charge on any atom is 0.573 e. The van der Waals surface area contributed by atoms with Crippen molar-refractivity contribution in [3.8, 4) is 16.9 Å². The van der Waals surface area contributed by atoms with Crippen LogP contribution in [-0.4, -0.2) is 6.36 Å². The van der Waals surface area contributed by atoms with Crippen LogP contribution >= 0.6 is 0 Å². The summed E-state index contributed by atoms with van der Waals surface area (Å²) in [6.45, 7) is 2.04. The van der Waals surface area contributed by atoms with E-state index in [1.807, 2.05) is 19.1 Å². The Morgan fingerprint density at radius 2 is 1.44 bits per heavy atom. The van der Waals surface area contributed by atoms with Gasteiger partial charge >= 0.3 is 6.36 Å². The fourth-order valence-electron chi connectivity index (χ4n) is 3.11. The molecule has 3 aromatic carbocycles. The Morgan fingerprint density at radius 1 is 0.781 bits per heavy atom. The lowest BCUT2D eigenvalue weighted by atomic mass is 10.00. The summed E-state index contributed by atoms with van der Waals surface area (Å²) < 4.78 is 97.5. The smallest absolute Gasteiger partial charge is 0.403 e. The average molecular weight is 454 g/mol. The molecule has 0 aliphatic carbocycles. The van der Waals surface area contributed by atoms with E-state index in [-0.39, 0.29) is 0 Å². The van der Waals surface area contributed by atoms with E-state index in [1.54, 1.807) is 12.1 Å². The molecule has 1 nitrogen and oxygen atoms in total. The first kappa shape index (κ1) is 23.4. The van der Waals surface area contributed by atoms with E-state index in [0.29, 0.717) is 29.3 Å². The topological polar surface area (TPSA) is 9.23 Å². The fourth-order valence-corrected chi connectivity index (χ4v) is 3.11. The van der Waals surface area contributed by atoms with Gasteiger partial charge in [-0.25, -0.2) is 17.6 Å². The SMILES string of the molecule is CCCc1ccc(-c2ccc(/C(F)=C(\F)c3ccc(OC(F)(F)F)c(F)c3)c(F)c2)cc1. The lowest BCUT2D eigenvalue weighted by molar-refractivity contribution is -0.275. The summed E-state index contributed by atoms with van der Waals surface area (Å²) in [4.78, 5) is 0. The molecular weight excluding hydrogens is 437 g/mol. The molecule has 0 aliphatic rings. The van der Waals surface area contributed by atoms with E-state index in [4.69, 9.17) is 0 Å². The monoisotopic (exact) mass is 454 g/mol. The summed E-state index contributed by atoms with van der Waals surface area (Å²) in [6, 6.07) is 12.4. The minimum atomic E-state index is -5.15. The first-order chi connectivity index (χ1) is 15.1. The summed E-state index contributed by atoms with van der Waals surface area (Å²) >= 11 is 0. The van der Waals surface area contributed by atoms with E-state index in [0.717, 1.165) is 30.5 Å². The zero-order valence-electron chi connectivity index (χ0n) is 16.7. The van der Waals surface area contributed by atoms with Crippen LogP contribution < -0.4 is 4.74 Å². The van der Waals surface area contributed by atoms with Gasteiger partial charge in [-0.05, 0) is 53.4 Å². The fraction of sp³-hybridized carbons (Fsp3) is 0.167. The van der Waals surface area contributed by atoms with Gasteiger partial charge in [0.25, 0.3) is 0 Å². The van der Waals surface area contributed by atoms with Gasteiger partial charge in [-0.1, -0.05) is 43.7 Å². The van der Waals surface area contributed by atoms with Crippen LogP contribution in [0.15, 0.2) is 60.7 Å². The quantitative estimate of drug-likeness (QED) is 0.269. The largest absolute Gasteiger partial charge is 0.573 e. The number of hydrogen-bond donors (Lipinski definition) is 0. The van der Waals surface area contributed by atoms with Gasteiger partial charge in [0, 0.05) is 11.1 Å². The Balaban J connectivity index is 1.89. The van der Waals surface area contributed by atoms with Gasteiger partial charge in [-0.2, -0.15) is 0 Å². The van der Waals surface area contributed by atoms with Crippen LogP contribution in [0.2, 0.25) is 0 Å². The van der Waals surface area contributed by atoms with E-state index in [2.05, 4.69) is 4.74 Å². The van der Waals surface area contributed by atoms with Crippen LogP contribution in [-0.2, 0) is 6.42 Å². The zero-order valence-corrected chi connectivity index (χ0v) is 16.7. The third-order valence-corrected chi connectivity index (χ3v) is 4.64. The van der Waals surface area contributed by atoms with Gasteiger partial charge in [0.15, 0.2) is 23.2 Å². The van der Waals surface area contributed by atoms with Crippen LogP contribution in [0.25, 0.3) is 22.8 Å². The molecule has 0 saturated carbocycles. The molecule has 0 aromatic heterocycles. The highest BCUT2D eigenvalue weighted by Crippen LogP contribution is 2.34. The Morgan fingerprint density at radius 3 is 2.00 bits per heavy atom. The molecule has 8 heteroatoms. The lowest BCUT2D eigenvalue weighted by Crippen LogP contribution is -2.17. The van der Waals surface area contributed by atoms with Crippen LogP contribution in [0.5, 0.6) is 5.75 Å². The molecule has 0 bridgehead atoms. The highest BCUT2D eigenvalue weighted by atomic mass is 19.4. The summed E-state index contributed by atoms with van der Waals surface area (Å²) in [5.41, 5.74) is 0.836. The standard InChI is InChI=1S/C24H17F7O/c1-2-3-14-4-6-15(7-5-14)16-8-10-18(19(25)12-16)23(28)22(27)17-9-11-21(20(26)13-17)32-24(29,30)31/h4-13H,2-3H2,1H3/b23-22+. The number of aryl methyl sites for hydroxylation is 1. The molecule has 168 valence electrons. The average Bonchev–Trinajstić information content (AvgIpc) is 2.74. The maximum absolute atomic E-state index is 14.6. The zero-order chi connectivity index (χ0) is 23.5. The van der Waals surface area contributed by atoms with E-state index < -0.39 is 46.5 Å². The van der Waals surface area contributed by atoms with Gasteiger partial charge in [0.2, 0.25) is 0 Å². The van der Waals surface area contributed by atoms with Crippen molar-refractivity contribution >= 4 is 11.7 Å². The highest BCUT2D eigenvalue weighted by molar-refractivity contribution is 5.84. The molecule has 0 N–H and O–H groups in total. The second-order valence-corrected chi connectivity index (χ2v) is 6.96. The molecule has 0 amide bonds. The third kappa shape index (κ3) is 5.49. The molecule has 0 atom stereocenters. The highest BCUT2D eigenvalue weighted by Gasteiger charge is 2.32. The number of benzene rings is 3. The molecule has 3 rings (SSSR count). The van der Waals surface area contributed by atoms with Crippen molar-refractivity contribution in [2.75, 3.05) is 0 Å². The number of halogens is 7. The predicted octanol–water partition coefficient (Wildman–Crippen LogP) is 8.25. The minimum Gasteiger partial charge on any atom is -0.403 e. The van der Waals surface area contributed by atoms with Crippen molar-refractivity contribution in [3.05, 3.63) is 89.0 Å². The number of rotatable bonds is 6. The van der Waals surface area contributed by atoms with Gasteiger partial charge in [0.05, 0.1) is 0 Å². The Hall–Kier alpha value is -3.29. The van der Waals surface area contributed by atoms with E-state index in [1.165, 1.54) is 6.07 Å². The second kappa shape index (κ2) is 9.46. The minimum absolute atomic E-state index is 0.333. The first-order valence-electron chi connectivity index (χ1n) is 9.59. The van der Waals surface area contributed by atoms with Crippen molar-refractivity contribution in [3.63, 3.8) is 0 Å². The Kier molecular flexibility index (Phi) is 6.91. The molecule has 0 radical (unpaired) electrons. The van der Waals surface area contributed by atoms with Gasteiger partial charge in [0.1, 0.15) is 5.82 Å². The van der Waals surface area contributed by atoms with Crippen LogP contribution in [0.1, 0.15) is 30.0 Å².